The van der Waals surface area contributed by atoms with E-state index in [1.54, 1.807) is 6.21 Å². The number of amides is 1. The topological polar surface area (TPSA) is 93.8 Å². The highest BCUT2D eigenvalue weighted by Gasteiger charge is 2.11. The van der Waals surface area contributed by atoms with Gasteiger partial charge in [-0.25, -0.2) is 5.43 Å². The number of benzene rings is 4. The number of halogens is 2. The molecule has 0 atom stereocenters. The summed E-state index contributed by atoms with van der Waals surface area (Å²) >= 11 is 4.44. The van der Waals surface area contributed by atoms with Crippen molar-refractivity contribution in [3.8, 4) is 5.75 Å². The van der Waals surface area contributed by atoms with Crippen LogP contribution < -0.4 is 10.2 Å². The lowest BCUT2D eigenvalue weighted by Gasteiger charge is -2.13. The first-order chi connectivity index (χ1) is 16.4. The number of carbonyl (C=O) groups excluding carboxylic acids is 1. The Hall–Kier alpha value is -3.06. The number of fused-ring (bicyclic) bond motifs is 1. The first-order valence-corrected chi connectivity index (χ1v) is 12.2. The summed E-state index contributed by atoms with van der Waals surface area (Å²) in [5.74, 6) is 0.340. The van der Waals surface area contributed by atoms with Gasteiger partial charge in [0, 0.05) is 17.7 Å². The molecule has 0 saturated heterocycles. The minimum absolute atomic E-state index is 0.0769. The van der Waals surface area contributed by atoms with E-state index in [0.29, 0.717) is 6.61 Å². The minimum atomic E-state index is -0.515. The lowest BCUT2D eigenvalue weighted by atomic mass is 10.1. The normalized spacial score (nSPS) is 11.0. The molecule has 0 radical (unpaired) electrons. The Morgan fingerprint density at radius 2 is 1.68 bits per heavy atom. The number of ether oxygens (including phenoxy) is 1. The summed E-state index contributed by atoms with van der Waals surface area (Å²) in [5.41, 5.74) is 4.56. The SMILES string of the molecule is O=C(N/N=C/c1cc(I)c(OCc2cccc3ccccc23)c(I)c1)c1ccc([N+](=O)[O-])cc1. The van der Waals surface area contributed by atoms with E-state index in [2.05, 4.69) is 80.0 Å². The predicted octanol–water partition coefficient (Wildman–Crippen LogP) is 6.30. The van der Waals surface area contributed by atoms with Gasteiger partial charge in [0.05, 0.1) is 18.3 Å². The molecule has 0 bridgehead atoms. The van der Waals surface area contributed by atoms with Crippen LogP contribution in [0.5, 0.6) is 5.75 Å². The highest BCUT2D eigenvalue weighted by atomic mass is 127. The summed E-state index contributed by atoms with van der Waals surface area (Å²) in [4.78, 5) is 22.4. The van der Waals surface area contributed by atoms with Gasteiger partial charge in [-0.2, -0.15) is 5.10 Å². The number of hydrazone groups is 1. The number of hydrogen-bond acceptors (Lipinski definition) is 5. The quantitative estimate of drug-likeness (QED) is 0.108. The maximum Gasteiger partial charge on any atom is 0.271 e. The summed E-state index contributed by atoms with van der Waals surface area (Å²) in [6, 6.07) is 23.6. The lowest BCUT2D eigenvalue weighted by molar-refractivity contribution is -0.384. The van der Waals surface area contributed by atoms with Crippen LogP contribution in [0.15, 0.2) is 84.0 Å². The molecule has 34 heavy (non-hydrogen) atoms. The molecule has 0 heterocycles. The van der Waals surface area contributed by atoms with Crippen LogP contribution >= 0.6 is 45.2 Å². The third-order valence-electron chi connectivity index (χ3n) is 4.99. The van der Waals surface area contributed by atoms with E-state index in [1.165, 1.54) is 35.0 Å². The highest BCUT2D eigenvalue weighted by Crippen LogP contribution is 2.30. The van der Waals surface area contributed by atoms with Crippen molar-refractivity contribution in [3.63, 3.8) is 0 Å². The maximum absolute atomic E-state index is 12.2. The van der Waals surface area contributed by atoms with Crippen molar-refractivity contribution in [1.29, 1.82) is 0 Å². The fourth-order valence-electron chi connectivity index (χ4n) is 3.32. The van der Waals surface area contributed by atoms with E-state index in [-0.39, 0.29) is 11.3 Å². The number of nitrogens with one attached hydrogen (secondary N) is 1. The summed E-state index contributed by atoms with van der Waals surface area (Å²) < 4.78 is 8.01. The van der Waals surface area contributed by atoms with E-state index in [4.69, 9.17) is 4.74 Å². The van der Waals surface area contributed by atoms with E-state index in [9.17, 15) is 14.9 Å². The molecule has 9 heteroatoms. The van der Waals surface area contributed by atoms with Gasteiger partial charge < -0.3 is 4.74 Å². The Labute approximate surface area is 222 Å². The molecule has 4 rings (SSSR count). The van der Waals surface area contributed by atoms with Crippen molar-refractivity contribution in [3.05, 3.63) is 113 Å². The Balaban J connectivity index is 1.42. The number of non-ortho nitro benzene ring substituents is 1. The molecule has 0 saturated carbocycles. The zero-order valence-electron chi connectivity index (χ0n) is 17.6. The molecule has 4 aromatic carbocycles. The molecule has 170 valence electrons. The Morgan fingerprint density at radius 3 is 2.38 bits per heavy atom. The second-order valence-electron chi connectivity index (χ2n) is 7.24. The van der Waals surface area contributed by atoms with Crippen molar-refractivity contribution in [2.75, 3.05) is 0 Å². The molecule has 0 spiro atoms. The van der Waals surface area contributed by atoms with Gasteiger partial charge in [0.25, 0.3) is 11.6 Å². The number of rotatable bonds is 7. The van der Waals surface area contributed by atoms with Crippen molar-refractivity contribution < 1.29 is 14.5 Å². The van der Waals surface area contributed by atoms with E-state index < -0.39 is 10.8 Å². The number of nitrogens with zero attached hydrogens (tertiary/aromatic N) is 2. The van der Waals surface area contributed by atoms with E-state index >= 15 is 0 Å². The number of carbonyl (C=O) groups is 1. The third kappa shape index (κ3) is 5.70. The molecule has 4 aromatic rings. The Morgan fingerprint density at radius 1 is 1.00 bits per heavy atom. The van der Waals surface area contributed by atoms with Crippen LogP contribution in [-0.4, -0.2) is 17.0 Å². The monoisotopic (exact) mass is 677 g/mol. The highest BCUT2D eigenvalue weighted by molar-refractivity contribution is 14.1. The van der Waals surface area contributed by atoms with Crippen molar-refractivity contribution in [2.45, 2.75) is 6.61 Å². The van der Waals surface area contributed by atoms with Crippen LogP contribution in [0.1, 0.15) is 21.5 Å². The summed E-state index contributed by atoms with van der Waals surface area (Å²) in [6.07, 6.45) is 1.54. The first kappa shape index (κ1) is 24.1. The molecule has 1 N–H and O–H groups in total. The number of hydrogen-bond donors (Lipinski definition) is 1. The third-order valence-corrected chi connectivity index (χ3v) is 6.60. The van der Waals surface area contributed by atoms with Crippen molar-refractivity contribution in [2.24, 2.45) is 5.10 Å². The van der Waals surface area contributed by atoms with Gasteiger partial charge in [0.1, 0.15) is 12.4 Å². The fraction of sp³-hybridized carbons (Fsp3) is 0.0400. The zero-order chi connectivity index (χ0) is 24.1. The minimum Gasteiger partial charge on any atom is -0.487 e. The predicted molar refractivity (Wildman–Crippen MR) is 148 cm³/mol. The number of nitro benzene ring substituents is 1. The molecule has 7 nitrogen and oxygen atoms in total. The summed E-state index contributed by atoms with van der Waals surface area (Å²) in [7, 11) is 0. The van der Waals surface area contributed by atoms with E-state index in [0.717, 1.165) is 24.0 Å². The Bertz CT molecular complexity index is 1380. The van der Waals surface area contributed by atoms with Gasteiger partial charge in [-0.15, -0.1) is 0 Å². The molecule has 0 aliphatic carbocycles. The average Bonchev–Trinajstić information content (AvgIpc) is 2.83. The van der Waals surface area contributed by atoms with Gasteiger partial charge >= 0.3 is 0 Å². The largest absolute Gasteiger partial charge is 0.487 e. The molecular formula is C25H17I2N3O4. The second kappa shape index (κ2) is 10.9. The van der Waals surface area contributed by atoms with Crippen LogP contribution in [0.4, 0.5) is 5.69 Å². The van der Waals surface area contributed by atoms with Gasteiger partial charge in [-0.3, -0.25) is 14.9 Å². The molecular weight excluding hydrogens is 660 g/mol. The van der Waals surface area contributed by atoms with Crippen LogP contribution in [0.3, 0.4) is 0 Å². The smallest absolute Gasteiger partial charge is 0.271 e. The van der Waals surface area contributed by atoms with Crippen LogP contribution in [-0.2, 0) is 6.61 Å². The maximum atomic E-state index is 12.2. The zero-order valence-corrected chi connectivity index (χ0v) is 21.9. The molecule has 0 fully saturated rings. The van der Waals surface area contributed by atoms with Crippen molar-refractivity contribution >= 4 is 73.8 Å². The molecule has 0 unspecified atom stereocenters. The van der Waals surface area contributed by atoms with Gasteiger partial charge in [-0.1, -0.05) is 42.5 Å². The number of nitro groups is 1. The molecule has 1 amide bonds. The van der Waals surface area contributed by atoms with Gasteiger partial charge in [-0.05, 0) is 91.3 Å². The van der Waals surface area contributed by atoms with Crippen LogP contribution in [0.2, 0.25) is 0 Å². The second-order valence-corrected chi connectivity index (χ2v) is 9.57. The summed E-state index contributed by atoms with van der Waals surface area (Å²) in [6.45, 7) is 0.450. The Kier molecular flexibility index (Phi) is 7.73. The first-order valence-electron chi connectivity index (χ1n) is 10.1. The van der Waals surface area contributed by atoms with Gasteiger partial charge in [0.2, 0.25) is 0 Å². The average molecular weight is 677 g/mol. The van der Waals surface area contributed by atoms with Gasteiger partial charge in [0.15, 0.2) is 0 Å². The molecule has 0 aliphatic rings. The standard InChI is InChI=1S/C25H17I2N3O4/c26-22-12-16(14-28-29-25(31)18-8-10-20(11-9-18)30(32)33)13-23(27)24(22)34-15-19-6-3-5-17-4-1-2-7-21(17)19/h1-14H,15H2,(H,29,31)/b28-14+. The fourth-order valence-corrected chi connectivity index (χ4v) is 5.45. The van der Waals surface area contributed by atoms with E-state index in [1.807, 2.05) is 30.3 Å². The van der Waals surface area contributed by atoms with Crippen molar-refractivity contribution in [1.82, 2.24) is 5.43 Å². The summed E-state index contributed by atoms with van der Waals surface area (Å²) in [5, 5.41) is 17.1. The van der Waals surface area contributed by atoms with Crippen LogP contribution in [0, 0.1) is 17.3 Å². The lowest BCUT2D eigenvalue weighted by Crippen LogP contribution is -2.17. The molecule has 0 aliphatic heterocycles. The molecule has 0 aromatic heterocycles. The van der Waals surface area contributed by atoms with Crippen LogP contribution in [0.25, 0.3) is 10.8 Å².